The predicted molar refractivity (Wildman–Crippen MR) is 232 cm³/mol. The van der Waals surface area contributed by atoms with Gasteiger partial charge in [-0.15, -0.1) is 0 Å². The van der Waals surface area contributed by atoms with Gasteiger partial charge in [-0.2, -0.15) is 0 Å². The number of fused-ring (bicyclic) bond motifs is 6. The van der Waals surface area contributed by atoms with E-state index >= 15 is 0 Å². The van der Waals surface area contributed by atoms with Crippen molar-refractivity contribution < 1.29 is 19.1 Å². The molecule has 3 aliphatic heterocycles. The molecule has 6 aromatic rings. The number of hydrogen-bond donors (Lipinski definition) is 4. The third kappa shape index (κ3) is 6.98. The number of amides is 2. The van der Waals surface area contributed by atoms with E-state index in [2.05, 4.69) is 94.8 Å². The van der Waals surface area contributed by atoms with Crippen molar-refractivity contribution in [1.82, 2.24) is 35.4 Å². The largest absolute Gasteiger partial charge is 0.488 e. The number of ether oxygens (including phenoxy) is 2. The van der Waals surface area contributed by atoms with Crippen LogP contribution in [0, 0.1) is 11.8 Å². The quantitative estimate of drug-likeness (QED) is 0.105. The summed E-state index contributed by atoms with van der Waals surface area (Å²) in [5.74, 6) is 2.25. The summed E-state index contributed by atoms with van der Waals surface area (Å²) in [5.41, 5.74) is 8.32. The molecule has 0 saturated carbocycles. The highest BCUT2D eigenvalue weighted by Crippen LogP contribution is 2.45. The molecule has 0 aliphatic carbocycles. The normalized spacial score (nSPS) is 21.2. The van der Waals surface area contributed by atoms with Gasteiger partial charge in [0.2, 0.25) is 11.8 Å². The van der Waals surface area contributed by atoms with Crippen molar-refractivity contribution in [3.8, 4) is 28.1 Å². The number of imidazole rings is 1. The highest BCUT2D eigenvalue weighted by atomic mass is 16.5. The Morgan fingerprint density at radius 2 is 1.73 bits per heavy atom. The van der Waals surface area contributed by atoms with Crippen molar-refractivity contribution in [2.45, 2.75) is 76.8 Å². The van der Waals surface area contributed by atoms with Crippen molar-refractivity contribution in [2.75, 3.05) is 34.4 Å². The zero-order valence-corrected chi connectivity index (χ0v) is 34.8. The Bertz CT molecular complexity index is 2510. The third-order valence-corrected chi connectivity index (χ3v) is 13.0. The van der Waals surface area contributed by atoms with E-state index < -0.39 is 6.04 Å². The van der Waals surface area contributed by atoms with E-state index in [1.165, 1.54) is 0 Å². The molecular weight excluding hydrogens is 739 g/mol. The Kier molecular flexibility index (Phi) is 10.5. The highest BCUT2D eigenvalue weighted by molar-refractivity contribution is 6.08. The van der Waals surface area contributed by atoms with Crippen LogP contribution in [0.3, 0.4) is 0 Å². The number of carbonyl (C=O) groups excluding carboxylic acids is 2. The van der Waals surface area contributed by atoms with E-state index in [1.807, 2.05) is 55.5 Å². The lowest BCUT2D eigenvalue weighted by Gasteiger charge is -2.33. The number of aromatic nitrogens is 3. The zero-order chi connectivity index (χ0) is 40.9. The van der Waals surface area contributed by atoms with Crippen molar-refractivity contribution in [3.05, 3.63) is 108 Å². The van der Waals surface area contributed by atoms with Gasteiger partial charge in [-0.05, 0) is 98.1 Å². The van der Waals surface area contributed by atoms with E-state index in [4.69, 9.17) is 14.5 Å². The molecular formula is C48H55N7O4. The van der Waals surface area contributed by atoms with Crippen LogP contribution >= 0.6 is 0 Å². The van der Waals surface area contributed by atoms with Gasteiger partial charge in [-0.1, -0.05) is 68.4 Å². The summed E-state index contributed by atoms with van der Waals surface area (Å²) in [4.78, 5) is 44.2. The third-order valence-electron chi connectivity index (χ3n) is 13.0. The maximum absolute atomic E-state index is 14.1. The van der Waals surface area contributed by atoms with Gasteiger partial charge < -0.3 is 39.9 Å². The molecule has 3 aliphatic rings. The summed E-state index contributed by atoms with van der Waals surface area (Å²) in [6.45, 7) is 8.00. The molecule has 2 aromatic heterocycles. The Balaban J connectivity index is 0.983. The second-order valence-corrected chi connectivity index (χ2v) is 17.1. The maximum Gasteiger partial charge on any atom is 0.244 e. The van der Waals surface area contributed by atoms with E-state index in [9.17, 15) is 9.59 Å². The zero-order valence-electron chi connectivity index (χ0n) is 34.8. The van der Waals surface area contributed by atoms with E-state index in [0.717, 1.165) is 91.7 Å². The van der Waals surface area contributed by atoms with Crippen LogP contribution < -0.4 is 15.4 Å². The summed E-state index contributed by atoms with van der Waals surface area (Å²) >= 11 is 0. The van der Waals surface area contributed by atoms with Gasteiger partial charge in [0.1, 0.15) is 24.2 Å². The monoisotopic (exact) mass is 793 g/mol. The van der Waals surface area contributed by atoms with Crippen molar-refractivity contribution in [3.63, 3.8) is 0 Å². The van der Waals surface area contributed by atoms with Gasteiger partial charge >= 0.3 is 0 Å². The minimum Gasteiger partial charge on any atom is -0.488 e. The summed E-state index contributed by atoms with van der Waals surface area (Å²) in [6, 6.07) is 26.7. The summed E-state index contributed by atoms with van der Waals surface area (Å²) in [7, 11) is 5.42. The molecule has 0 spiro atoms. The smallest absolute Gasteiger partial charge is 0.244 e. The molecule has 4 aromatic carbocycles. The molecule has 9 rings (SSSR count). The fourth-order valence-electron chi connectivity index (χ4n) is 10.0. The molecule has 4 N–H and O–H groups in total. The fourth-order valence-corrected chi connectivity index (χ4v) is 10.0. The molecule has 0 bridgehead atoms. The lowest BCUT2D eigenvalue weighted by molar-refractivity contribution is -0.137. The summed E-state index contributed by atoms with van der Waals surface area (Å²) in [6.07, 6.45) is 4.56. The minimum absolute atomic E-state index is 0.00738. The van der Waals surface area contributed by atoms with Crippen LogP contribution in [0.25, 0.3) is 44.1 Å². The van der Waals surface area contributed by atoms with Gasteiger partial charge in [0, 0.05) is 47.6 Å². The van der Waals surface area contributed by atoms with Crippen LogP contribution in [-0.4, -0.2) is 83.0 Å². The molecule has 0 unspecified atom stereocenters. The van der Waals surface area contributed by atoms with Crippen LogP contribution in [0.2, 0.25) is 0 Å². The first-order valence-electron chi connectivity index (χ1n) is 21.1. The topological polar surface area (TPSA) is 128 Å². The number of methoxy groups -OCH3 is 1. The van der Waals surface area contributed by atoms with Crippen LogP contribution in [-0.2, 0) is 20.9 Å². The van der Waals surface area contributed by atoms with E-state index in [1.54, 1.807) is 7.11 Å². The average molecular weight is 794 g/mol. The Morgan fingerprint density at radius 3 is 2.49 bits per heavy atom. The average Bonchev–Trinajstić information content (AvgIpc) is 4.06. The van der Waals surface area contributed by atoms with Crippen LogP contribution in [0.5, 0.6) is 5.75 Å². The Morgan fingerprint density at radius 1 is 0.915 bits per heavy atom. The molecule has 6 atom stereocenters. The van der Waals surface area contributed by atoms with Gasteiger partial charge in [-0.25, -0.2) is 4.98 Å². The number of likely N-dealkylation sites (N-methyl/N-ethyl adjacent to an activating group) is 2. The molecule has 59 heavy (non-hydrogen) atoms. The number of H-pyrrole nitrogens is 2. The summed E-state index contributed by atoms with van der Waals surface area (Å²) in [5, 5.41) is 9.87. The number of rotatable bonds is 11. The second-order valence-electron chi connectivity index (χ2n) is 17.1. The first-order valence-corrected chi connectivity index (χ1v) is 21.1. The molecule has 2 amide bonds. The first-order chi connectivity index (χ1) is 28.7. The Labute approximate surface area is 345 Å². The molecule has 0 radical (unpaired) electrons. The number of nitrogens with zero attached hydrogens (tertiary/aromatic N) is 3. The lowest BCUT2D eigenvalue weighted by Crippen LogP contribution is -2.49. The van der Waals surface area contributed by atoms with E-state index in [-0.39, 0.29) is 47.8 Å². The number of likely N-dealkylation sites (tertiary alicyclic amines) is 2. The summed E-state index contributed by atoms with van der Waals surface area (Å²) < 4.78 is 12.0. The van der Waals surface area contributed by atoms with Crippen LogP contribution in [0.15, 0.2) is 85.1 Å². The van der Waals surface area contributed by atoms with Crippen LogP contribution in [0.1, 0.15) is 80.8 Å². The number of carbonyl (C=O) groups is 2. The standard InChI is InChI=1S/C48H55N7O4/c1-27(2)43(49-4)48(57)55-28(3)12-17-40(55)38-21-33-14-13-31-20-37-35-16-15-32(19-34(35)26-59-42(37)22-36(31)44(33)52-38)39-23-51-46(53-39)41-18-29(25-58-6)24-54(41)47(56)45(50-5)30-10-8-7-9-11-30/h7-11,13-16,19-23,27-29,40-41,43,45,49-50,52H,12,17-18,24-26H2,1-6H3,(H,51,53)/t28-,29-,40-,41-,43-,45+/m0/s1. The van der Waals surface area contributed by atoms with Gasteiger partial charge in [0.15, 0.2) is 0 Å². The second kappa shape index (κ2) is 15.9. The maximum atomic E-state index is 14.1. The molecule has 11 nitrogen and oxygen atoms in total. The van der Waals surface area contributed by atoms with Gasteiger partial charge in [0.05, 0.1) is 42.1 Å². The minimum atomic E-state index is -0.453. The molecule has 2 saturated heterocycles. The first kappa shape index (κ1) is 39.0. The van der Waals surface area contributed by atoms with Crippen molar-refractivity contribution in [1.29, 1.82) is 0 Å². The molecule has 5 heterocycles. The highest BCUT2D eigenvalue weighted by Gasteiger charge is 2.41. The predicted octanol–water partition coefficient (Wildman–Crippen LogP) is 8.06. The van der Waals surface area contributed by atoms with Gasteiger partial charge in [0.25, 0.3) is 0 Å². The Hall–Kier alpha value is -5.49. The fraction of sp³-hybridized carbons (Fsp3) is 0.396. The SMILES string of the molecule is CN[C@H](C(=O)N1[C@@H](C)CC[C@H]1c1cc2ccc3cc4c(cc3c2[nH]1)OCc1cc(-c2cnc([C@@H]3C[C@H](COC)CN3C(=O)[C@H](NC)c3ccccc3)[nH]2)ccc1-4)C(C)C. The van der Waals surface area contributed by atoms with Crippen molar-refractivity contribution >= 4 is 33.5 Å². The van der Waals surface area contributed by atoms with Crippen molar-refractivity contribution in [2.24, 2.45) is 11.8 Å². The number of benzene rings is 4. The number of hydrogen-bond acceptors (Lipinski definition) is 7. The molecule has 306 valence electrons. The number of nitrogens with one attached hydrogen (secondary N) is 4. The van der Waals surface area contributed by atoms with E-state index in [0.29, 0.717) is 19.8 Å². The van der Waals surface area contributed by atoms with Crippen LogP contribution in [0.4, 0.5) is 0 Å². The lowest BCUT2D eigenvalue weighted by atomic mass is 9.92. The number of aromatic amines is 2. The molecule has 2 fully saturated rings. The van der Waals surface area contributed by atoms with Gasteiger partial charge in [-0.3, -0.25) is 9.59 Å². The molecule has 11 heteroatoms.